The van der Waals surface area contributed by atoms with E-state index < -0.39 is 0 Å². The first-order chi connectivity index (χ1) is 13.7. The van der Waals surface area contributed by atoms with E-state index in [1.54, 1.807) is 9.08 Å². The fourth-order valence-electron chi connectivity index (χ4n) is 3.77. The lowest BCUT2D eigenvalue weighted by atomic mass is 10.0. The Labute approximate surface area is 167 Å². The SMILES string of the molecule is Cc1ccc2cc(C)c3nn(CC(=O)Nc4c(C)nn(C)c4C)c(=O)n3c2c1C. The summed E-state index contributed by atoms with van der Waals surface area (Å²) in [5.41, 5.74) is 6.34. The summed E-state index contributed by atoms with van der Waals surface area (Å²) in [6, 6.07) is 6.08. The van der Waals surface area contributed by atoms with Crippen LogP contribution in [0.3, 0.4) is 0 Å². The zero-order valence-electron chi connectivity index (χ0n) is 17.5. The molecule has 0 saturated heterocycles. The molecule has 1 amide bonds. The summed E-state index contributed by atoms with van der Waals surface area (Å²) in [6.45, 7) is 9.48. The van der Waals surface area contributed by atoms with Gasteiger partial charge in [-0.05, 0) is 62.8 Å². The number of fused-ring (bicyclic) bond motifs is 3. The average Bonchev–Trinajstić information content (AvgIpc) is 3.10. The van der Waals surface area contributed by atoms with Crippen LogP contribution in [0.15, 0.2) is 23.0 Å². The van der Waals surface area contributed by atoms with Gasteiger partial charge in [0.1, 0.15) is 6.54 Å². The van der Waals surface area contributed by atoms with Gasteiger partial charge in [0.15, 0.2) is 5.65 Å². The van der Waals surface area contributed by atoms with Crippen molar-refractivity contribution < 1.29 is 4.79 Å². The maximum atomic E-state index is 13.2. The van der Waals surface area contributed by atoms with Crippen molar-refractivity contribution in [3.63, 3.8) is 0 Å². The first kappa shape index (κ1) is 18.9. The predicted molar refractivity (Wildman–Crippen MR) is 112 cm³/mol. The van der Waals surface area contributed by atoms with E-state index in [1.165, 1.54) is 4.68 Å². The second-order valence-electron chi connectivity index (χ2n) is 7.59. The average molecular weight is 392 g/mol. The van der Waals surface area contributed by atoms with Crippen molar-refractivity contribution in [1.29, 1.82) is 0 Å². The lowest BCUT2D eigenvalue weighted by molar-refractivity contribution is -0.117. The Balaban J connectivity index is 1.79. The van der Waals surface area contributed by atoms with Gasteiger partial charge >= 0.3 is 5.69 Å². The molecule has 4 aromatic rings. The van der Waals surface area contributed by atoms with E-state index in [1.807, 2.05) is 59.9 Å². The lowest BCUT2D eigenvalue weighted by Gasteiger charge is -2.08. The number of pyridine rings is 1. The van der Waals surface area contributed by atoms with Gasteiger partial charge in [0.25, 0.3) is 0 Å². The van der Waals surface area contributed by atoms with Gasteiger partial charge in [-0.15, -0.1) is 5.10 Å². The fourth-order valence-corrected chi connectivity index (χ4v) is 3.77. The van der Waals surface area contributed by atoms with Crippen molar-refractivity contribution in [2.75, 3.05) is 5.32 Å². The highest BCUT2D eigenvalue weighted by atomic mass is 16.2. The Kier molecular flexibility index (Phi) is 4.29. The number of carbonyl (C=O) groups is 1. The molecule has 4 rings (SSSR count). The third kappa shape index (κ3) is 2.91. The van der Waals surface area contributed by atoms with Crippen LogP contribution in [-0.4, -0.2) is 29.9 Å². The molecule has 0 bridgehead atoms. The summed E-state index contributed by atoms with van der Waals surface area (Å²) >= 11 is 0. The number of hydrogen-bond acceptors (Lipinski definition) is 4. The van der Waals surface area contributed by atoms with Gasteiger partial charge < -0.3 is 5.32 Å². The monoisotopic (exact) mass is 392 g/mol. The molecule has 150 valence electrons. The second kappa shape index (κ2) is 6.58. The van der Waals surface area contributed by atoms with E-state index in [0.717, 1.165) is 39.0 Å². The van der Waals surface area contributed by atoms with Crippen LogP contribution < -0.4 is 11.0 Å². The molecule has 0 atom stereocenters. The molecule has 3 aromatic heterocycles. The van der Waals surface area contributed by atoms with E-state index in [0.29, 0.717) is 11.3 Å². The number of aromatic nitrogens is 5. The number of aryl methyl sites for hydroxylation is 5. The molecule has 0 fully saturated rings. The zero-order chi connectivity index (χ0) is 21.0. The topological polar surface area (TPSA) is 86.2 Å². The van der Waals surface area contributed by atoms with Gasteiger partial charge in [-0.3, -0.25) is 9.48 Å². The third-order valence-corrected chi connectivity index (χ3v) is 5.59. The first-order valence-corrected chi connectivity index (χ1v) is 9.48. The van der Waals surface area contributed by atoms with E-state index in [2.05, 4.69) is 15.5 Å². The molecule has 29 heavy (non-hydrogen) atoms. The van der Waals surface area contributed by atoms with Crippen LogP contribution in [0.25, 0.3) is 16.6 Å². The van der Waals surface area contributed by atoms with Crippen molar-refractivity contribution >= 4 is 28.1 Å². The van der Waals surface area contributed by atoms with Crippen molar-refractivity contribution in [1.82, 2.24) is 24.0 Å². The van der Waals surface area contributed by atoms with E-state index >= 15 is 0 Å². The van der Waals surface area contributed by atoms with Crippen LogP contribution in [0.2, 0.25) is 0 Å². The predicted octanol–water partition coefficient (Wildman–Crippen LogP) is 2.56. The van der Waals surface area contributed by atoms with Gasteiger partial charge in [-0.1, -0.05) is 12.1 Å². The molecule has 0 radical (unpaired) electrons. The standard InChI is InChI=1S/C21H24N6O2/c1-11-7-8-16-9-12(2)20-24-26(21(29)27(20)19(16)13(11)3)10-17(28)22-18-14(4)23-25(6)15(18)5/h7-9H,10H2,1-6H3,(H,22,28). The number of benzene rings is 1. The second-order valence-corrected chi connectivity index (χ2v) is 7.59. The first-order valence-electron chi connectivity index (χ1n) is 9.48. The maximum absolute atomic E-state index is 13.2. The molecule has 1 aromatic carbocycles. The zero-order valence-corrected chi connectivity index (χ0v) is 17.5. The van der Waals surface area contributed by atoms with Crippen molar-refractivity contribution in [2.45, 2.75) is 41.2 Å². The number of carbonyl (C=O) groups excluding carboxylic acids is 1. The molecule has 3 heterocycles. The number of anilines is 1. The largest absolute Gasteiger partial charge is 0.351 e. The van der Waals surface area contributed by atoms with Crippen molar-refractivity contribution in [2.24, 2.45) is 7.05 Å². The summed E-state index contributed by atoms with van der Waals surface area (Å²) in [6.07, 6.45) is 0. The van der Waals surface area contributed by atoms with E-state index in [-0.39, 0.29) is 18.1 Å². The minimum absolute atomic E-state index is 0.167. The molecule has 0 aliphatic carbocycles. The molecule has 0 spiro atoms. The smallest absolute Gasteiger partial charge is 0.321 e. The number of nitrogens with zero attached hydrogens (tertiary/aromatic N) is 5. The molecule has 0 aliphatic heterocycles. The Morgan fingerprint density at radius 2 is 1.79 bits per heavy atom. The Morgan fingerprint density at radius 1 is 1.07 bits per heavy atom. The Morgan fingerprint density at radius 3 is 2.45 bits per heavy atom. The van der Waals surface area contributed by atoms with Crippen molar-refractivity contribution in [3.05, 3.63) is 56.8 Å². The molecule has 0 unspecified atom stereocenters. The molecule has 8 heteroatoms. The molecular weight excluding hydrogens is 368 g/mol. The van der Waals surface area contributed by atoms with Crippen LogP contribution in [-0.2, 0) is 18.4 Å². The Hall–Kier alpha value is -3.42. The molecule has 8 nitrogen and oxygen atoms in total. The highest BCUT2D eigenvalue weighted by Crippen LogP contribution is 2.24. The fraction of sp³-hybridized carbons (Fsp3) is 0.333. The van der Waals surface area contributed by atoms with E-state index in [9.17, 15) is 9.59 Å². The van der Waals surface area contributed by atoms with Crippen LogP contribution in [0.1, 0.15) is 28.1 Å². The number of rotatable bonds is 3. The van der Waals surface area contributed by atoms with Gasteiger partial charge in [0.2, 0.25) is 5.91 Å². The summed E-state index contributed by atoms with van der Waals surface area (Å²) in [7, 11) is 1.82. The van der Waals surface area contributed by atoms with Gasteiger partial charge in [0, 0.05) is 7.05 Å². The van der Waals surface area contributed by atoms with Gasteiger partial charge in [-0.2, -0.15) is 5.10 Å². The van der Waals surface area contributed by atoms with Crippen LogP contribution in [0.5, 0.6) is 0 Å². The Bertz CT molecular complexity index is 1360. The number of nitrogens with one attached hydrogen (secondary N) is 1. The third-order valence-electron chi connectivity index (χ3n) is 5.59. The number of hydrogen-bond donors (Lipinski definition) is 1. The van der Waals surface area contributed by atoms with Crippen LogP contribution in [0.4, 0.5) is 5.69 Å². The quantitative estimate of drug-likeness (QED) is 0.581. The molecule has 0 aliphatic rings. The molecule has 1 N–H and O–H groups in total. The minimum atomic E-state index is -0.322. The highest BCUT2D eigenvalue weighted by molar-refractivity contribution is 5.92. The summed E-state index contributed by atoms with van der Waals surface area (Å²) in [5.74, 6) is -0.315. The van der Waals surface area contributed by atoms with Crippen LogP contribution >= 0.6 is 0 Å². The molecule has 0 saturated carbocycles. The summed E-state index contributed by atoms with van der Waals surface area (Å²) in [4.78, 5) is 25.8. The maximum Gasteiger partial charge on any atom is 0.351 e. The normalized spacial score (nSPS) is 11.5. The number of amides is 1. The van der Waals surface area contributed by atoms with Crippen molar-refractivity contribution in [3.8, 4) is 0 Å². The highest BCUT2D eigenvalue weighted by Gasteiger charge is 2.18. The summed E-state index contributed by atoms with van der Waals surface area (Å²) < 4.78 is 4.55. The van der Waals surface area contributed by atoms with Crippen LogP contribution in [0, 0.1) is 34.6 Å². The lowest BCUT2D eigenvalue weighted by Crippen LogP contribution is -2.28. The molecular formula is C21H24N6O2. The van der Waals surface area contributed by atoms with E-state index in [4.69, 9.17) is 0 Å². The van der Waals surface area contributed by atoms with Gasteiger partial charge in [-0.25, -0.2) is 13.9 Å². The minimum Gasteiger partial charge on any atom is -0.321 e. The summed E-state index contributed by atoms with van der Waals surface area (Å²) in [5, 5.41) is 12.6. The van der Waals surface area contributed by atoms with Gasteiger partial charge in [0.05, 0.1) is 22.6 Å².